The molecule has 4 heteroatoms. The highest BCUT2D eigenvalue weighted by Crippen LogP contribution is 2.21. The van der Waals surface area contributed by atoms with E-state index in [1.165, 1.54) is 6.42 Å². The van der Waals surface area contributed by atoms with Crippen LogP contribution in [-0.4, -0.2) is 27.9 Å². The molecule has 1 atom stereocenters. The molecule has 0 amide bonds. The number of anilines is 1. The first-order valence-electron chi connectivity index (χ1n) is 4.79. The van der Waals surface area contributed by atoms with Crippen LogP contribution in [0.15, 0.2) is 0 Å². The lowest BCUT2D eigenvalue weighted by Crippen LogP contribution is -2.22. The maximum atomic E-state index is 4.17. The fraction of sp³-hybridized carbons (Fsp3) is 0.778. The van der Waals surface area contributed by atoms with Crippen LogP contribution >= 0.6 is 0 Å². The largest absolute Gasteiger partial charge is 0.341 e. The maximum absolute atomic E-state index is 4.17. The average molecular weight is 180 g/mol. The predicted molar refractivity (Wildman–Crippen MR) is 51.7 cm³/mol. The van der Waals surface area contributed by atoms with E-state index < -0.39 is 0 Å². The van der Waals surface area contributed by atoms with Crippen molar-refractivity contribution in [2.75, 3.05) is 18.0 Å². The van der Waals surface area contributed by atoms with Gasteiger partial charge in [-0.1, -0.05) is 6.92 Å². The molecule has 1 aliphatic rings. The Hall–Kier alpha value is -1.06. The maximum Gasteiger partial charge on any atom is 0.226 e. The zero-order valence-electron chi connectivity index (χ0n) is 8.49. The van der Waals surface area contributed by atoms with Gasteiger partial charge in [0, 0.05) is 20.1 Å². The SMILES string of the molecule is Cc1nnc(N2CCC(C)C2)n1C. The standard InChI is InChI=1S/C9H16N4/c1-7-4-5-13(6-7)9-11-10-8(2)12(9)3/h7H,4-6H2,1-3H3. The van der Waals surface area contributed by atoms with Gasteiger partial charge in [-0.05, 0) is 19.3 Å². The van der Waals surface area contributed by atoms with Gasteiger partial charge in [0.1, 0.15) is 5.82 Å². The molecule has 0 bridgehead atoms. The Morgan fingerprint density at radius 2 is 2.15 bits per heavy atom. The van der Waals surface area contributed by atoms with Crippen molar-refractivity contribution < 1.29 is 0 Å². The molecule has 1 unspecified atom stereocenters. The molecule has 1 fully saturated rings. The van der Waals surface area contributed by atoms with Gasteiger partial charge in [-0.15, -0.1) is 10.2 Å². The molecule has 0 radical (unpaired) electrons. The monoisotopic (exact) mass is 180 g/mol. The summed E-state index contributed by atoms with van der Waals surface area (Å²) in [4.78, 5) is 2.31. The molecule has 13 heavy (non-hydrogen) atoms. The summed E-state index contributed by atoms with van der Waals surface area (Å²) < 4.78 is 2.05. The summed E-state index contributed by atoms with van der Waals surface area (Å²) in [7, 11) is 2.02. The minimum Gasteiger partial charge on any atom is -0.341 e. The fourth-order valence-electron chi connectivity index (χ4n) is 1.79. The van der Waals surface area contributed by atoms with Crippen LogP contribution in [0.5, 0.6) is 0 Å². The summed E-state index contributed by atoms with van der Waals surface area (Å²) in [6.07, 6.45) is 1.27. The second-order valence-electron chi connectivity index (χ2n) is 3.95. The summed E-state index contributed by atoms with van der Waals surface area (Å²) in [6.45, 7) is 6.50. The lowest BCUT2D eigenvalue weighted by molar-refractivity contribution is 0.656. The van der Waals surface area contributed by atoms with E-state index in [4.69, 9.17) is 0 Å². The van der Waals surface area contributed by atoms with Crippen molar-refractivity contribution in [3.05, 3.63) is 5.82 Å². The molecule has 1 aromatic heterocycles. The zero-order chi connectivity index (χ0) is 9.42. The summed E-state index contributed by atoms with van der Waals surface area (Å²) in [6, 6.07) is 0. The van der Waals surface area contributed by atoms with Crippen LogP contribution in [0.4, 0.5) is 5.95 Å². The smallest absolute Gasteiger partial charge is 0.226 e. The molecule has 0 aliphatic carbocycles. The minimum absolute atomic E-state index is 0.789. The normalized spacial score (nSPS) is 22.7. The zero-order valence-corrected chi connectivity index (χ0v) is 8.49. The highest BCUT2D eigenvalue weighted by molar-refractivity contribution is 5.32. The number of hydrogen-bond acceptors (Lipinski definition) is 3. The molecule has 0 aromatic carbocycles. The first-order valence-corrected chi connectivity index (χ1v) is 4.79. The lowest BCUT2D eigenvalue weighted by Gasteiger charge is -2.15. The summed E-state index contributed by atoms with van der Waals surface area (Å²) in [5, 5.41) is 8.23. The van der Waals surface area contributed by atoms with Crippen LogP contribution in [0.1, 0.15) is 19.2 Å². The Kier molecular flexibility index (Phi) is 1.98. The molecule has 72 valence electrons. The highest BCUT2D eigenvalue weighted by Gasteiger charge is 2.22. The van der Waals surface area contributed by atoms with Crippen molar-refractivity contribution in [1.82, 2.24) is 14.8 Å². The Labute approximate surface area is 78.6 Å². The quantitative estimate of drug-likeness (QED) is 0.645. The van der Waals surface area contributed by atoms with Crippen molar-refractivity contribution in [2.45, 2.75) is 20.3 Å². The van der Waals surface area contributed by atoms with Gasteiger partial charge in [0.25, 0.3) is 0 Å². The van der Waals surface area contributed by atoms with Crippen molar-refractivity contribution in [3.63, 3.8) is 0 Å². The van der Waals surface area contributed by atoms with E-state index in [1.54, 1.807) is 0 Å². The van der Waals surface area contributed by atoms with Gasteiger partial charge in [-0.25, -0.2) is 0 Å². The van der Waals surface area contributed by atoms with Gasteiger partial charge < -0.3 is 9.47 Å². The fourth-order valence-corrected chi connectivity index (χ4v) is 1.79. The third-order valence-corrected chi connectivity index (χ3v) is 2.78. The third-order valence-electron chi connectivity index (χ3n) is 2.78. The first kappa shape index (κ1) is 8.53. The molecule has 0 N–H and O–H groups in total. The van der Waals surface area contributed by atoms with E-state index in [0.717, 1.165) is 30.8 Å². The predicted octanol–water partition coefficient (Wildman–Crippen LogP) is 0.970. The van der Waals surface area contributed by atoms with E-state index in [-0.39, 0.29) is 0 Å². The van der Waals surface area contributed by atoms with Crippen LogP contribution in [0.2, 0.25) is 0 Å². The Bertz CT molecular complexity index is 305. The first-order chi connectivity index (χ1) is 6.18. The molecule has 1 aromatic rings. The molecule has 1 saturated heterocycles. The second kappa shape index (κ2) is 3.01. The molecule has 0 saturated carbocycles. The van der Waals surface area contributed by atoms with E-state index in [9.17, 15) is 0 Å². The Balaban J connectivity index is 2.21. The van der Waals surface area contributed by atoms with Gasteiger partial charge in [0.15, 0.2) is 0 Å². The average Bonchev–Trinajstić information content (AvgIpc) is 2.62. The van der Waals surface area contributed by atoms with E-state index >= 15 is 0 Å². The molecular formula is C9H16N4. The highest BCUT2D eigenvalue weighted by atomic mass is 15.4. The van der Waals surface area contributed by atoms with Gasteiger partial charge in [-0.2, -0.15) is 0 Å². The van der Waals surface area contributed by atoms with Gasteiger partial charge in [0.2, 0.25) is 5.95 Å². The molecule has 2 heterocycles. The van der Waals surface area contributed by atoms with E-state index in [2.05, 4.69) is 26.6 Å². The molecule has 2 rings (SSSR count). The van der Waals surface area contributed by atoms with Crippen LogP contribution in [0, 0.1) is 12.8 Å². The van der Waals surface area contributed by atoms with Gasteiger partial charge in [0.05, 0.1) is 0 Å². The van der Waals surface area contributed by atoms with Crippen LogP contribution in [0.25, 0.3) is 0 Å². The van der Waals surface area contributed by atoms with Gasteiger partial charge >= 0.3 is 0 Å². The number of aromatic nitrogens is 3. The van der Waals surface area contributed by atoms with Crippen molar-refractivity contribution >= 4 is 5.95 Å². The van der Waals surface area contributed by atoms with Crippen molar-refractivity contribution in [2.24, 2.45) is 13.0 Å². The van der Waals surface area contributed by atoms with Crippen molar-refractivity contribution in [1.29, 1.82) is 0 Å². The van der Waals surface area contributed by atoms with Crippen molar-refractivity contribution in [3.8, 4) is 0 Å². The Morgan fingerprint density at radius 1 is 1.38 bits per heavy atom. The summed E-state index contributed by atoms with van der Waals surface area (Å²) in [5.74, 6) is 2.79. The Morgan fingerprint density at radius 3 is 2.62 bits per heavy atom. The topological polar surface area (TPSA) is 34.0 Å². The number of rotatable bonds is 1. The summed E-state index contributed by atoms with van der Waals surface area (Å²) in [5.41, 5.74) is 0. The lowest BCUT2D eigenvalue weighted by atomic mass is 10.2. The van der Waals surface area contributed by atoms with E-state index in [1.807, 2.05) is 14.0 Å². The number of aryl methyl sites for hydroxylation is 1. The number of hydrogen-bond donors (Lipinski definition) is 0. The molecule has 4 nitrogen and oxygen atoms in total. The van der Waals surface area contributed by atoms with Gasteiger partial charge in [-0.3, -0.25) is 0 Å². The van der Waals surface area contributed by atoms with Crippen LogP contribution in [0.3, 0.4) is 0 Å². The molecule has 0 spiro atoms. The number of nitrogens with zero attached hydrogens (tertiary/aromatic N) is 4. The van der Waals surface area contributed by atoms with E-state index in [0.29, 0.717) is 0 Å². The molecule has 1 aliphatic heterocycles. The third kappa shape index (κ3) is 1.41. The van der Waals surface area contributed by atoms with Crippen LogP contribution < -0.4 is 4.90 Å². The minimum atomic E-state index is 0.789. The van der Waals surface area contributed by atoms with Crippen LogP contribution in [-0.2, 0) is 7.05 Å². The molecular weight excluding hydrogens is 164 g/mol. The summed E-state index contributed by atoms with van der Waals surface area (Å²) >= 11 is 0. The second-order valence-corrected chi connectivity index (χ2v) is 3.95.